The molecule has 0 saturated carbocycles. The summed E-state index contributed by atoms with van der Waals surface area (Å²) in [4.78, 5) is 29.5. The van der Waals surface area contributed by atoms with Gasteiger partial charge in [0.05, 0.1) is 36.0 Å². The van der Waals surface area contributed by atoms with Crippen molar-refractivity contribution in [2.75, 3.05) is 63.2 Å². The van der Waals surface area contributed by atoms with E-state index < -0.39 is 12.1 Å². The van der Waals surface area contributed by atoms with Gasteiger partial charge in [0.25, 0.3) is 0 Å². The van der Waals surface area contributed by atoms with Crippen LogP contribution >= 0.6 is 15.9 Å². The molecule has 1 aromatic carbocycles. The molecule has 1 atom stereocenters. The average molecular weight is 530 g/mol. The number of nitriles is 1. The Bertz CT molecular complexity index is 1160. The van der Waals surface area contributed by atoms with E-state index in [0.29, 0.717) is 38.2 Å². The van der Waals surface area contributed by atoms with Crippen LogP contribution < -0.4 is 14.5 Å². The molecule has 10 nitrogen and oxygen atoms in total. The van der Waals surface area contributed by atoms with Crippen molar-refractivity contribution >= 4 is 44.7 Å². The molecule has 180 valence electrons. The van der Waals surface area contributed by atoms with E-state index in [0.717, 1.165) is 58.4 Å². The number of benzene rings is 1. The van der Waals surface area contributed by atoms with Gasteiger partial charge in [-0.05, 0) is 33.0 Å². The number of anilines is 2. The van der Waals surface area contributed by atoms with Crippen LogP contribution in [0.15, 0.2) is 10.5 Å². The summed E-state index contributed by atoms with van der Waals surface area (Å²) in [7, 11) is 4.15. The summed E-state index contributed by atoms with van der Waals surface area (Å²) in [6.07, 6.45) is 1.00. The third-order valence-corrected chi connectivity index (χ3v) is 7.71. The average Bonchev–Trinajstić information content (AvgIpc) is 2.77. The van der Waals surface area contributed by atoms with Crippen molar-refractivity contribution in [3.8, 4) is 11.8 Å². The van der Waals surface area contributed by atoms with Crippen molar-refractivity contribution < 1.29 is 14.6 Å². The maximum absolute atomic E-state index is 11.7. The third kappa shape index (κ3) is 3.99. The lowest BCUT2D eigenvalue weighted by atomic mass is 10.0. The second kappa shape index (κ2) is 9.07. The van der Waals surface area contributed by atoms with Crippen molar-refractivity contribution in [1.82, 2.24) is 19.8 Å². The summed E-state index contributed by atoms with van der Waals surface area (Å²) in [5.74, 6) is 2.23. The Hall–Kier alpha value is -2.84. The molecule has 0 radical (unpaired) electrons. The maximum Gasteiger partial charge on any atom is 0.407 e. The summed E-state index contributed by atoms with van der Waals surface area (Å²) in [5.41, 5.74) is 1.92. The number of hydrogen-bond donors (Lipinski definition) is 1. The van der Waals surface area contributed by atoms with Crippen molar-refractivity contribution in [3.05, 3.63) is 16.1 Å². The van der Waals surface area contributed by atoms with Gasteiger partial charge in [-0.3, -0.25) is 0 Å². The third-order valence-electron chi connectivity index (χ3n) is 7.01. The van der Waals surface area contributed by atoms with Gasteiger partial charge >= 0.3 is 6.09 Å². The van der Waals surface area contributed by atoms with Gasteiger partial charge in [-0.25, -0.2) is 9.78 Å². The second-order valence-electron chi connectivity index (χ2n) is 9.32. The summed E-state index contributed by atoms with van der Waals surface area (Å²) in [6, 6.07) is 4.23. The number of hydrogen-bond acceptors (Lipinski definition) is 8. The first-order valence-corrected chi connectivity index (χ1v) is 12.4. The molecule has 2 aromatic rings. The predicted molar refractivity (Wildman–Crippen MR) is 132 cm³/mol. The Labute approximate surface area is 206 Å². The Morgan fingerprint density at radius 3 is 2.79 bits per heavy atom. The number of nitrogens with zero attached hydrogens (tertiary/aromatic N) is 7. The van der Waals surface area contributed by atoms with Gasteiger partial charge in [0, 0.05) is 48.8 Å². The van der Waals surface area contributed by atoms with E-state index in [-0.39, 0.29) is 6.42 Å². The van der Waals surface area contributed by atoms with Gasteiger partial charge < -0.3 is 29.4 Å². The van der Waals surface area contributed by atoms with Crippen LogP contribution in [0.1, 0.15) is 18.4 Å². The number of amides is 1. The van der Waals surface area contributed by atoms with Gasteiger partial charge in [-0.15, -0.1) is 0 Å². The zero-order valence-corrected chi connectivity index (χ0v) is 21.0. The van der Waals surface area contributed by atoms with Crippen molar-refractivity contribution in [2.24, 2.45) is 0 Å². The minimum absolute atomic E-state index is 0.134. The molecule has 2 fully saturated rings. The van der Waals surface area contributed by atoms with Gasteiger partial charge in [0.15, 0.2) is 0 Å². The highest BCUT2D eigenvalue weighted by Gasteiger charge is 2.35. The lowest BCUT2D eigenvalue weighted by Crippen LogP contribution is -2.58. The minimum Gasteiger partial charge on any atom is -0.492 e. The van der Waals surface area contributed by atoms with E-state index in [2.05, 4.69) is 50.8 Å². The molecule has 34 heavy (non-hydrogen) atoms. The van der Waals surface area contributed by atoms with E-state index in [1.165, 1.54) is 4.90 Å². The maximum atomic E-state index is 11.7. The molecule has 2 saturated heterocycles. The number of halogens is 1. The number of rotatable bonds is 4. The van der Waals surface area contributed by atoms with Crippen molar-refractivity contribution in [1.29, 1.82) is 5.26 Å². The van der Waals surface area contributed by atoms with Crippen LogP contribution in [-0.2, 0) is 6.42 Å². The molecule has 5 rings (SSSR count). The number of fused-ring (bicyclic) bond motifs is 3. The van der Waals surface area contributed by atoms with E-state index in [1.54, 1.807) is 0 Å². The number of carboxylic acid groups (broad SMARTS) is 1. The number of aromatic nitrogens is 2. The molecule has 3 aliphatic heterocycles. The number of likely N-dealkylation sites (N-methyl/N-ethyl adjacent to an activating group) is 1. The quantitative estimate of drug-likeness (QED) is 0.638. The Morgan fingerprint density at radius 2 is 2.09 bits per heavy atom. The van der Waals surface area contributed by atoms with Crippen LogP contribution in [0, 0.1) is 11.3 Å². The van der Waals surface area contributed by atoms with Crippen LogP contribution in [0.25, 0.3) is 10.9 Å². The zero-order valence-electron chi connectivity index (χ0n) is 19.4. The number of piperazine rings is 1. The molecule has 0 unspecified atom stereocenters. The molecule has 11 heteroatoms. The van der Waals surface area contributed by atoms with Gasteiger partial charge in [-0.1, -0.05) is 15.9 Å². The molecule has 1 amide bonds. The van der Waals surface area contributed by atoms with Gasteiger partial charge in [-0.2, -0.15) is 10.2 Å². The summed E-state index contributed by atoms with van der Waals surface area (Å²) < 4.78 is 7.14. The van der Waals surface area contributed by atoms with Crippen molar-refractivity contribution in [3.63, 3.8) is 0 Å². The van der Waals surface area contributed by atoms with E-state index in [1.807, 2.05) is 6.07 Å². The van der Waals surface area contributed by atoms with Crippen LogP contribution in [0.3, 0.4) is 0 Å². The van der Waals surface area contributed by atoms with Gasteiger partial charge in [0.2, 0.25) is 5.95 Å². The largest absolute Gasteiger partial charge is 0.492 e. The molecule has 0 bridgehead atoms. The normalized spacial score (nSPS) is 20.7. The smallest absolute Gasteiger partial charge is 0.407 e. The first-order valence-electron chi connectivity index (χ1n) is 11.6. The molecule has 0 aliphatic carbocycles. The molecule has 4 heterocycles. The molecule has 1 aromatic heterocycles. The lowest BCUT2D eigenvalue weighted by Gasteiger charge is -2.43. The fourth-order valence-corrected chi connectivity index (χ4v) is 5.55. The van der Waals surface area contributed by atoms with Crippen LogP contribution in [0.4, 0.5) is 16.6 Å². The van der Waals surface area contributed by atoms with Gasteiger partial charge in [0.1, 0.15) is 11.6 Å². The topological polar surface area (TPSA) is 109 Å². The van der Waals surface area contributed by atoms with Crippen LogP contribution in [0.2, 0.25) is 0 Å². The van der Waals surface area contributed by atoms with E-state index in [9.17, 15) is 15.2 Å². The Balaban J connectivity index is 1.60. The fourth-order valence-electron chi connectivity index (χ4n) is 4.95. The summed E-state index contributed by atoms with van der Waals surface area (Å²) in [5, 5.41) is 19.8. The number of ether oxygens (including phenoxy) is 1. The Morgan fingerprint density at radius 1 is 1.29 bits per heavy atom. The molecule has 0 spiro atoms. The summed E-state index contributed by atoms with van der Waals surface area (Å²) in [6.45, 7) is 3.55. The molecular weight excluding hydrogens is 502 g/mol. The summed E-state index contributed by atoms with van der Waals surface area (Å²) >= 11 is 3.72. The first kappa shape index (κ1) is 22.9. The van der Waals surface area contributed by atoms with E-state index in [4.69, 9.17) is 14.7 Å². The molecular formula is C23H28BrN7O3. The zero-order chi connectivity index (χ0) is 24.0. The highest BCUT2D eigenvalue weighted by molar-refractivity contribution is 9.10. The lowest BCUT2D eigenvalue weighted by molar-refractivity contribution is 0.119. The van der Waals surface area contributed by atoms with Crippen LogP contribution in [-0.4, -0.2) is 96.5 Å². The molecule has 1 N–H and O–H groups in total. The SMILES string of the molecule is CN(C)C1CN(c2nc(N3CCN(C(=O)O)[C@@H](CC#N)C3)c3c4c(c(Br)cc3n2)CCCO4)C1. The predicted octanol–water partition coefficient (Wildman–Crippen LogP) is 2.55. The minimum atomic E-state index is -0.993. The standard InChI is InChI=1S/C23H28BrN7O3/c1-28(2)15-12-30(13-15)22-26-18-10-17(24)16-4-3-9-34-20(16)19(18)21(27-22)29-7-8-31(23(32)33)14(11-29)5-6-25/h10,14-15H,3-5,7-9,11-13H2,1-2H3,(H,32,33)/t14-/m0/s1. The highest BCUT2D eigenvalue weighted by atomic mass is 79.9. The number of carbonyl (C=O) groups is 1. The molecule has 3 aliphatic rings. The monoisotopic (exact) mass is 529 g/mol. The first-order chi connectivity index (χ1) is 16.4. The fraction of sp³-hybridized carbons (Fsp3) is 0.565. The van der Waals surface area contributed by atoms with Crippen LogP contribution in [0.5, 0.6) is 5.75 Å². The van der Waals surface area contributed by atoms with E-state index >= 15 is 0 Å². The highest BCUT2D eigenvalue weighted by Crippen LogP contribution is 2.43. The van der Waals surface area contributed by atoms with Crippen molar-refractivity contribution in [2.45, 2.75) is 31.3 Å². The second-order valence-corrected chi connectivity index (χ2v) is 10.2. The Kier molecular flexibility index (Phi) is 6.12.